The number of hydrogen-bond donors (Lipinski definition) is 0. The van der Waals surface area contributed by atoms with Crippen LogP contribution in [0.1, 0.15) is 26.7 Å². The Morgan fingerprint density at radius 1 is 1.64 bits per heavy atom. The van der Waals surface area contributed by atoms with Crippen LogP contribution in [0.5, 0.6) is 0 Å². The maximum Gasteiger partial charge on any atom is -0.0182 e. The molecule has 0 saturated heterocycles. The fraction of sp³-hybridized carbons (Fsp3) is 0.455. The highest BCUT2D eigenvalue weighted by Gasteiger charge is 2.19. The minimum Gasteiger partial charge on any atom is -0.0988 e. The molecule has 0 heterocycles. The van der Waals surface area contributed by atoms with Crippen LogP contribution in [0.3, 0.4) is 0 Å². The van der Waals surface area contributed by atoms with Gasteiger partial charge in [0.2, 0.25) is 0 Å². The summed E-state index contributed by atoms with van der Waals surface area (Å²) in [5.41, 5.74) is 4.06. The second kappa shape index (κ2) is 3.08. The molecular formula is C11H16. The highest BCUT2D eigenvalue weighted by Crippen LogP contribution is 2.35. The SMILES string of the molecule is C=CC1=C(C(=C)C)C(C)CC1. The summed E-state index contributed by atoms with van der Waals surface area (Å²) in [7, 11) is 0. The van der Waals surface area contributed by atoms with E-state index >= 15 is 0 Å². The predicted octanol–water partition coefficient (Wildman–Crippen LogP) is 3.48. The Morgan fingerprint density at radius 2 is 2.27 bits per heavy atom. The largest absolute Gasteiger partial charge is 0.0988 e. The molecule has 1 aliphatic carbocycles. The molecule has 0 bridgehead atoms. The number of hydrogen-bond acceptors (Lipinski definition) is 0. The van der Waals surface area contributed by atoms with Gasteiger partial charge in [-0.3, -0.25) is 0 Å². The van der Waals surface area contributed by atoms with Gasteiger partial charge in [-0.1, -0.05) is 31.7 Å². The van der Waals surface area contributed by atoms with Crippen molar-refractivity contribution in [1.82, 2.24) is 0 Å². The molecule has 1 aliphatic rings. The van der Waals surface area contributed by atoms with Crippen LogP contribution in [0.15, 0.2) is 36.0 Å². The smallest absolute Gasteiger partial charge is 0.0182 e. The summed E-state index contributed by atoms with van der Waals surface area (Å²) in [5.74, 6) is 0.695. The molecule has 0 aliphatic heterocycles. The third-order valence-corrected chi connectivity index (χ3v) is 2.39. The Labute approximate surface area is 69.3 Å². The van der Waals surface area contributed by atoms with Crippen molar-refractivity contribution in [3.05, 3.63) is 36.0 Å². The summed E-state index contributed by atoms with van der Waals surface area (Å²) in [6.07, 6.45) is 4.43. The highest BCUT2D eigenvalue weighted by atomic mass is 14.2. The Bertz CT molecular complexity index is 218. The normalized spacial score (nSPS) is 24.0. The summed E-state index contributed by atoms with van der Waals surface area (Å²) < 4.78 is 0. The fourth-order valence-corrected chi connectivity index (χ4v) is 1.87. The van der Waals surface area contributed by atoms with Gasteiger partial charge < -0.3 is 0 Å². The van der Waals surface area contributed by atoms with Crippen LogP contribution in [-0.4, -0.2) is 0 Å². The van der Waals surface area contributed by atoms with E-state index in [1.807, 2.05) is 6.08 Å². The van der Waals surface area contributed by atoms with E-state index in [2.05, 4.69) is 27.0 Å². The van der Waals surface area contributed by atoms with Gasteiger partial charge in [-0.05, 0) is 36.8 Å². The molecule has 0 aromatic carbocycles. The van der Waals surface area contributed by atoms with Gasteiger partial charge >= 0.3 is 0 Å². The van der Waals surface area contributed by atoms with E-state index in [4.69, 9.17) is 0 Å². The van der Waals surface area contributed by atoms with Crippen LogP contribution in [0.25, 0.3) is 0 Å². The van der Waals surface area contributed by atoms with E-state index in [1.54, 1.807) is 0 Å². The molecule has 0 nitrogen and oxygen atoms in total. The molecule has 1 unspecified atom stereocenters. The maximum absolute atomic E-state index is 3.98. The van der Waals surface area contributed by atoms with Crippen LogP contribution in [0, 0.1) is 5.92 Å². The minimum absolute atomic E-state index is 0.695. The maximum atomic E-state index is 3.98. The molecule has 1 atom stereocenters. The lowest BCUT2D eigenvalue weighted by Crippen LogP contribution is -1.93. The molecule has 1 rings (SSSR count). The van der Waals surface area contributed by atoms with Crippen molar-refractivity contribution in [3.8, 4) is 0 Å². The molecule has 0 radical (unpaired) electrons. The van der Waals surface area contributed by atoms with Crippen LogP contribution in [0.2, 0.25) is 0 Å². The first-order chi connectivity index (χ1) is 5.16. The first-order valence-electron chi connectivity index (χ1n) is 4.18. The van der Waals surface area contributed by atoms with E-state index in [1.165, 1.54) is 29.6 Å². The minimum atomic E-state index is 0.695. The van der Waals surface area contributed by atoms with Crippen LogP contribution < -0.4 is 0 Å². The van der Waals surface area contributed by atoms with Crippen molar-refractivity contribution in [1.29, 1.82) is 0 Å². The van der Waals surface area contributed by atoms with Crippen molar-refractivity contribution in [2.45, 2.75) is 26.7 Å². The first-order valence-corrected chi connectivity index (χ1v) is 4.18. The van der Waals surface area contributed by atoms with Crippen LogP contribution in [0.4, 0.5) is 0 Å². The molecule has 0 fully saturated rings. The predicted molar refractivity (Wildman–Crippen MR) is 50.4 cm³/mol. The standard InChI is InChI=1S/C11H16/c1-5-10-7-6-9(4)11(10)8(2)3/h5,9H,1-2,6-7H2,3-4H3. The fourth-order valence-electron chi connectivity index (χ4n) is 1.87. The summed E-state index contributed by atoms with van der Waals surface area (Å²) in [6, 6.07) is 0. The van der Waals surface area contributed by atoms with E-state index < -0.39 is 0 Å². The third kappa shape index (κ3) is 1.45. The van der Waals surface area contributed by atoms with Gasteiger partial charge in [0, 0.05) is 0 Å². The second-order valence-corrected chi connectivity index (χ2v) is 3.36. The Hall–Kier alpha value is -0.780. The third-order valence-electron chi connectivity index (χ3n) is 2.39. The molecule has 60 valence electrons. The quantitative estimate of drug-likeness (QED) is 0.562. The van der Waals surface area contributed by atoms with Crippen LogP contribution >= 0.6 is 0 Å². The van der Waals surface area contributed by atoms with E-state index in [9.17, 15) is 0 Å². The summed E-state index contributed by atoms with van der Waals surface area (Å²) in [6.45, 7) is 12.1. The van der Waals surface area contributed by atoms with Crippen molar-refractivity contribution in [3.63, 3.8) is 0 Å². The average molecular weight is 148 g/mol. The molecule has 0 N–H and O–H groups in total. The topological polar surface area (TPSA) is 0 Å². The molecule has 0 aromatic rings. The van der Waals surface area contributed by atoms with Gasteiger partial charge in [-0.15, -0.1) is 0 Å². The summed E-state index contributed by atoms with van der Waals surface area (Å²) >= 11 is 0. The average Bonchev–Trinajstić information content (AvgIpc) is 2.30. The van der Waals surface area contributed by atoms with Gasteiger partial charge in [0.15, 0.2) is 0 Å². The van der Waals surface area contributed by atoms with Crippen molar-refractivity contribution in [2.24, 2.45) is 5.92 Å². The highest BCUT2D eigenvalue weighted by molar-refractivity contribution is 5.41. The Balaban J connectivity index is 2.99. The van der Waals surface area contributed by atoms with Gasteiger partial charge in [0.1, 0.15) is 0 Å². The number of rotatable bonds is 2. The molecular weight excluding hydrogens is 132 g/mol. The van der Waals surface area contributed by atoms with E-state index in [-0.39, 0.29) is 0 Å². The first kappa shape index (κ1) is 8.32. The van der Waals surface area contributed by atoms with Crippen molar-refractivity contribution < 1.29 is 0 Å². The lowest BCUT2D eigenvalue weighted by Gasteiger charge is -2.08. The van der Waals surface area contributed by atoms with E-state index in [0.29, 0.717) is 5.92 Å². The van der Waals surface area contributed by atoms with E-state index in [0.717, 1.165) is 0 Å². The Kier molecular flexibility index (Phi) is 2.33. The molecule has 11 heavy (non-hydrogen) atoms. The van der Waals surface area contributed by atoms with Gasteiger partial charge in [0.25, 0.3) is 0 Å². The zero-order valence-corrected chi connectivity index (χ0v) is 7.48. The molecule has 0 saturated carbocycles. The van der Waals surface area contributed by atoms with Crippen LogP contribution in [-0.2, 0) is 0 Å². The Morgan fingerprint density at radius 3 is 2.64 bits per heavy atom. The molecule has 0 heteroatoms. The molecule has 0 aromatic heterocycles. The van der Waals surface area contributed by atoms with Gasteiger partial charge in [-0.2, -0.15) is 0 Å². The molecule has 0 amide bonds. The van der Waals surface area contributed by atoms with Crippen molar-refractivity contribution in [2.75, 3.05) is 0 Å². The summed E-state index contributed by atoms with van der Waals surface area (Å²) in [4.78, 5) is 0. The number of allylic oxidation sites excluding steroid dienone is 4. The lowest BCUT2D eigenvalue weighted by atomic mass is 9.97. The monoisotopic (exact) mass is 148 g/mol. The zero-order chi connectivity index (χ0) is 8.43. The lowest BCUT2D eigenvalue weighted by molar-refractivity contribution is 0.674. The molecule has 0 spiro atoms. The summed E-state index contributed by atoms with van der Waals surface area (Å²) in [5, 5.41) is 0. The van der Waals surface area contributed by atoms with Crippen molar-refractivity contribution >= 4 is 0 Å². The van der Waals surface area contributed by atoms with Gasteiger partial charge in [0.05, 0.1) is 0 Å². The van der Waals surface area contributed by atoms with Gasteiger partial charge in [-0.25, -0.2) is 0 Å². The zero-order valence-electron chi connectivity index (χ0n) is 7.48. The second-order valence-electron chi connectivity index (χ2n) is 3.36.